The van der Waals surface area contributed by atoms with Crippen LogP contribution < -0.4 is 10.6 Å². The molecule has 5 heteroatoms. The molecule has 0 aromatic heterocycles. The van der Waals surface area contributed by atoms with Crippen molar-refractivity contribution >= 4 is 11.8 Å². The molecule has 0 saturated heterocycles. The molecule has 0 rings (SSSR count). The fourth-order valence-electron chi connectivity index (χ4n) is 1.32. The zero-order valence-electron chi connectivity index (χ0n) is 10.4. The van der Waals surface area contributed by atoms with Gasteiger partial charge in [-0.2, -0.15) is 0 Å². The van der Waals surface area contributed by atoms with Gasteiger partial charge in [0.05, 0.1) is 12.6 Å². The molecule has 0 heterocycles. The van der Waals surface area contributed by atoms with E-state index in [0.717, 1.165) is 0 Å². The van der Waals surface area contributed by atoms with E-state index in [4.69, 9.17) is 5.11 Å². The maximum absolute atomic E-state index is 11.8. The van der Waals surface area contributed by atoms with Crippen molar-refractivity contribution in [2.45, 2.75) is 46.2 Å². The molecule has 3 N–H and O–H groups in total. The van der Waals surface area contributed by atoms with Crippen LogP contribution in [0.2, 0.25) is 0 Å². The summed E-state index contributed by atoms with van der Waals surface area (Å²) in [7, 11) is 0. The molecule has 0 aliphatic rings. The Morgan fingerprint density at radius 3 is 2.12 bits per heavy atom. The van der Waals surface area contributed by atoms with E-state index in [1.807, 2.05) is 20.8 Å². The number of carbonyl (C=O) groups is 2. The summed E-state index contributed by atoms with van der Waals surface area (Å²) in [6, 6.07) is -0.791. The van der Waals surface area contributed by atoms with Crippen molar-refractivity contribution in [2.24, 2.45) is 5.92 Å². The number of hydrogen-bond acceptors (Lipinski definition) is 3. The molecule has 0 spiro atoms. The Morgan fingerprint density at radius 1 is 1.25 bits per heavy atom. The number of nitrogens with one attached hydrogen (secondary N) is 2. The Balaban J connectivity index is 4.43. The molecule has 94 valence electrons. The van der Waals surface area contributed by atoms with Crippen LogP contribution in [0.15, 0.2) is 0 Å². The molecule has 0 aliphatic carbocycles. The van der Waals surface area contributed by atoms with Gasteiger partial charge in [0.1, 0.15) is 6.04 Å². The quantitative estimate of drug-likeness (QED) is 0.602. The molecule has 0 bridgehead atoms. The zero-order chi connectivity index (χ0) is 12.7. The standard InChI is InChI=1S/C11H22N2O3/c1-5-9(6-14)13-11(16)10(7(2)3)12-8(4)15/h7,9-10,14H,5-6H2,1-4H3,(H,12,15)(H,13,16)/t9-,10?/m1/s1. The highest BCUT2D eigenvalue weighted by Crippen LogP contribution is 2.03. The second kappa shape index (κ2) is 7.22. The third kappa shape index (κ3) is 5.11. The second-order valence-corrected chi connectivity index (χ2v) is 4.22. The average molecular weight is 230 g/mol. The van der Waals surface area contributed by atoms with Crippen LogP contribution in [0.5, 0.6) is 0 Å². The summed E-state index contributed by atoms with van der Waals surface area (Å²) in [5.41, 5.74) is 0. The summed E-state index contributed by atoms with van der Waals surface area (Å²) in [6.07, 6.45) is 0.660. The lowest BCUT2D eigenvalue weighted by Gasteiger charge is -2.23. The van der Waals surface area contributed by atoms with Crippen LogP contribution in [-0.4, -0.2) is 35.6 Å². The maximum atomic E-state index is 11.8. The number of aliphatic hydroxyl groups is 1. The number of aliphatic hydroxyl groups excluding tert-OH is 1. The highest BCUT2D eigenvalue weighted by Gasteiger charge is 2.24. The van der Waals surface area contributed by atoms with E-state index < -0.39 is 6.04 Å². The minimum Gasteiger partial charge on any atom is -0.394 e. The van der Waals surface area contributed by atoms with Gasteiger partial charge in [-0.3, -0.25) is 9.59 Å². The molecule has 0 fully saturated rings. The van der Waals surface area contributed by atoms with Crippen molar-refractivity contribution in [1.82, 2.24) is 10.6 Å². The van der Waals surface area contributed by atoms with Gasteiger partial charge in [-0.05, 0) is 12.3 Å². The van der Waals surface area contributed by atoms with E-state index in [2.05, 4.69) is 10.6 Å². The van der Waals surface area contributed by atoms with Crippen molar-refractivity contribution in [3.63, 3.8) is 0 Å². The van der Waals surface area contributed by atoms with Crippen LogP contribution in [-0.2, 0) is 9.59 Å². The van der Waals surface area contributed by atoms with E-state index in [1.54, 1.807) is 0 Å². The lowest BCUT2D eigenvalue weighted by Crippen LogP contribution is -2.52. The molecule has 2 amide bonds. The third-order valence-corrected chi connectivity index (χ3v) is 2.37. The molecule has 0 saturated carbocycles. The van der Waals surface area contributed by atoms with Crippen molar-refractivity contribution in [3.05, 3.63) is 0 Å². The first-order chi connectivity index (χ1) is 7.42. The lowest BCUT2D eigenvalue weighted by molar-refractivity contribution is -0.129. The van der Waals surface area contributed by atoms with Crippen LogP contribution in [0.25, 0.3) is 0 Å². The molecule has 5 nitrogen and oxygen atoms in total. The predicted molar refractivity (Wildman–Crippen MR) is 61.8 cm³/mol. The molecule has 0 aromatic rings. The monoisotopic (exact) mass is 230 g/mol. The van der Waals surface area contributed by atoms with Gasteiger partial charge in [-0.15, -0.1) is 0 Å². The van der Waals surface area contributed by atoms with Crippen molar-refractivity contribution in [2.75, 3.05) is 6.61 Å². The van der Waals surface area contributed by atoms with Gasteiger partial charge in [0.2, 0.25) is 11.8 Å². The summed E-state index contributed by atoms with van der Waals surface area (Å²) in [6.45, 7) is 6.89. The molecule has 0 radical (unpaired) electrons. The number of hydrogen-bond donors (Lipinski definition) is 3. The summed E-state index contributed by atoms with van der Waals surface area (Å²) in [5.74, 6) is -0.461. The van der Waals surface area contributed by atoms with Crippen molar-refractivity contribution < 1.29 is 14.7 Å². The van der Waals surface area contributed by atoms with E-state index in [1.165, 1.54) is 6.92 Å². The molecule has 16 heavy (non-hydrogen) atoms. The Hall–Kier alpha value is -1.10. The van der Waals surface area contributed by atoms with Gasteiger partial charge in [-0.25, -0.2) is 0 Å². The van der Waals surface area contributed by atoms with Gasteiger partial charge in [0.25, 0.3) is 0 Å². The Morgan fingerprint density at radius 2 is 1.81 bits per heavy atom. The average Bonchev–Trinajstić information content (AvgIpc) is 2.21. The highest BCUT2D eigenvalue weighted by molar-refractivity contribution is 5.87. The Bertz CT molecular complexity index is 237. The van der Waals surface area contributed by atoms with Crippen LogP contribution in [0.4, 0.5) is 0 Å². The van der Waals surface area contributed by atoms with Crippen LogP contribution in [0.3, 0.4) is 0 Å². The van der Waals surface area contributed by atoms with E-state index >= 15 is 0 Å². The summed E-state index contributed by atoms with van der Waals surface area (Å²) in [5, 5.41) is 14.3. The first-order valence-corrected chi connectivity index (χ1v) is 5.60. The molecule has 1 unspecified atom stereocenters. The van der Waals surface area contributed by atoms with Crippen LogP contribution >= 0.6 is 0 Å². The summed E-state index contributed by atoms with van der Waals surface area (Å²) < 4.78 is 0. The number of amides is 2. The largest absolute Gasteiger partial charge is 0.394 e. The minimum absolute atomic E-state index is 0.0140. The summed E-state index contributed by atoms with van der Waals surface area (Å²) >= 11 is 0. The number of carbonyl (C=O) groups excluding carboxylic acids is 2. The number of rotatable bonds is 6. The third-order valence-electron chi connectivity index (χ3n) is 2.37. The molecular formula is C11H22N2O3. The first kappa shape index (κ1) is 14.9. The summed E-state index contributed by atoms with van der Waals surface area (Å²) in [4.78, 5) is 22.8. The fraction of sp³-hybridized carbons (Fsp3) is 0.818. The van der Waals surface area contributed by atoms with E-state index in [-0.39, 0.29) is 30.4 Å². The molecular weight excluding hydrogens is 208 g/mol. The van der Waals surface area contributed by atoms with Gasteiger partial charge in [0, 0.05) is 6.92 Å². The first-order valence-electron chi connectivity index (χ1n) is 5.60. The normalized spacial score (nSPS) is 14.4. The molecule has 0 aliphatic heterocycles. The molecule has 2 atom stereocenters. The van der Waals surface area contributed by atoms with Crippen LogP contribution in [0.1, 0.15) is 34.1 Å². The van der Waals surface area contributed by atoms with Gasteiger partial charge in [0.15, 0.2) is 0 Å². The topological polar surface area (TPSA) is 78.4 Å². The smallest absolute Gasteiger partial charge is 0.243 e. The van der Waals surface area contributed by atoms with Gasteiger partial charge >= 0.3 is 0 Å². The van der Waals surface area contributed by atoms with Crippen molar-refractivity contribution in [3.8, 4) is 0 Å². The predicted octanol–water partition coefficient (Wildman–Crippen LogP) is 0.0342. The van der Waals surface area contributed by atoms with E-state index in [9.17, 15) is 9.59 Å². The lowest BCUT2D eigenvalue weighted by atomic mass is 10.0. The van der Waals surface area contributed by atoms with Crippen molar-refractivity contribution in [1.29, 1.82) is 0 Å². The SMILES string of the molecule is CC[C@H](CO)NC(=O)C(NC(C)=O)C(C)C. The Labute approximate surface area is 96.6 Å². The molecule has 0 aromatic carbocycles. The maximum Gasteiger partial charge on any atom is 0.243 e. The second-order valence-electron chi connectivity index (χ2n) is 4.22. The fourth-order valence-corrected chi connectivity index (χ4v) is 1.32. The minimum atomic E-state index is -0.543. The highest BCUT2D eigenvalue weighted by atomic mass is 16.3. The van der Waals surface area contributed by atoms with Gasteiger partial charge < -0.3 is 15.7 Å². The zero-order valence-corrected chi connectivity index (χ0v) is 10.4. The van der Waals surface area contributed by atoms with E-state index in [0.29, 0.717) is 6.42 Å². The van der Waals surface area contributed by atoms with Crippen LogP contribution in [0, 0.1) is 5.92 Å². The van der Waals surface area contributed by atoms with Gasteiger partial charge in [-0.1, -0.05) is 20.8 Å². The Kier molecular flexibility index (Phi) is 6.72.